The Labute approximate surface area is 168 Å². The van der Waals surface area contributed by atoms with Gasteiger partial charge < -0.3 is 5.32 Å². The summed E-state index contributed by atoms with van der Waals surface area (Å²) in [6.45, 7) is 0. The number of sulfonamides is 1. The minimum atomic E-state index is -4.58. The van der Waals surface area contributed by atoms with Crippen molar-refractivity contribution in [3.63, 3.8) is 0 Å². The Bertz CT molecular complexity index is 1040. The summed E-state index contributed by atoms with van der Waals surface area (Å²) < 4.78 is 67.5. The number of thiazole rings is 1. The van der Waals surface area contributed by atoms with Crippen molar-refractivity contribution in [2.45, 2.75) is 17.1 Å². The number of rotatable bonds is 6. The zero-order chi connectivity index (χ0) is 20.4. The maximum absolute atomic E-state index is 13.5. The number of alkyl halides is 3. The molecule has 0 radical (unpaired) electrons. The molecule has 1 aromatic heterocycles. The highest BCUT2D eigenvalue weighted by Gasteiger charge is 2.41. The topological polar surface area (TPSA) is 71.1 Å². The molecule has 3 rings (SSSR count). The lowest BCUT2D eigenvalue weighted by Gasteiger charge is -2.24. The van der Waals surface area contributed by atoms with Crippen LogP contribution >= 0.6 is 22.9 Å². The molecule has 0 aliphatic heterocycles. The van der Waals surface area contributed by atoms with Crippen molar-refractivity contribution in [1.82, 2.24) is 4.98 Å². The van der Waals surface area contributed by atoms with Gasteiger partial charge in [0.2, 0.25) is 0 Å². The van der Waals surface area contributed by atoms with Gasteiger partial charge >= 0.3 is 6.18 Å². The number of anilines is 2. The maximum Gasteiger partial charge on any atom is 0.412 e. The van der Waals surface area contributed by atoms with E-state index in [0.717, 1.165) is 17.4 Å². The predicted octanol–water partition coefficient (Wildman–Crippen LogP) is 5.31. The molecule has 0 bridgehead atoms. The van der Waals surface area contributed by atoms with Crippen LogP contribution in [-0.4, -0.2) is 19.6 Å². The fraction of sp³-hybridized carbons (Fsp3) is 0.118. The van der Waals surface area contributed by atoms with Crippen LogP contribution in [0.5, 0.6) is 0 Å². The lowest BCUT2D eigenvalue weighted by Crippen LogP contribution is -2.28. The third-order valence-electron chi connectivity index (χ3n) is 3.66. The summed E-state index contributed by atoms with van der Waals surface area (Å²) in [6.07, 6.45) is -3.15. The van der Waals surface area contributed by atoms with Crippen molar-refractivity contribution in [1.29, 1.82) is 0 Å². The SMILES string of the molecule is O=S(=O)(Nc1nccs1)c1ccc(NC(c2ccccc2)C(F)(F)F)c(Cl)c1. The average Bonchev–Trinajstić information content (AvgIpc) is 3.12. The van der Waals surface area contributed by atoms with E-state index in [0.29, 0.717) is 0 Å². The minimum Gasteiger partial charge on any atom is -0.369 e. The van der Waals surface area contributed by atoms with E-state index in [9.17, 15) is 21.6 Å². The third kappa shape index (κ3) is 4.75. The first-order valence-electron chi connectivity index (χ1n) is 7.77. The number of hydrogen-bond acceptors (Lipinski definition) is 5. The van der Waals surface area contributed by atoms with Crippen LogP contribution in [0.1, 0.15) is 11.6 Å². The predicted molar refractivity (Wildman–Crippen MR) is 103 cm³/mol. The largest absolute Gasteiger partial charge is 0.412 e. The Morgan fingerprint density at radius 1 is 1.11 bits per heavy atom. The summed E-state index contributed by atoms with van der Waals surface area (Å²) in [4.78, 5) is 3.63. The van der Waals surface area contributed by atoms with Crippen molar-refractivity contribution in [2.24, 2.45) is 0 Å². The highest BCUT2D eigenvalue weighted by molar-refractivity contribution is 7.93. The molecule has 5 nitrogen and oxygen atoms in total. The van der Waals surface area contributed by atoms with E-state index in [1.165, 1.54) is 42.6 Å². The van der Waals surface area contributed by atoms with Crippen LogP contribution in [0.4, 0.5) is 24.0 Å². The van der Waals surface area contributed by atoms with Gasteiger partial charge in [0.1, 0.15) is 6.04 Å². The first-order chi connectivity index (χ1) is 13.2. The molecule has 148 valence electrons. The van der Waals surface area contributed by atoms with E-state index in [1.54, 1.807) is 11.4 Å². The van der Waals surface area contributed by atoms with Crippen LogP contribution in [0.15, 0.2) is 65.0 Å². The fourth-order valence-corrected chi connectivity index (χ4v) is 4.50. The second kappa shape index (κ2) is 7.98. The maximum atomic E-state index is 13.5. The lowest BCUT2D eigenvalue weighted by molar-refractivity contribution is -0.144. The quantitative estimate of drug-likeness (QED) is 0.537. The number of nitrogens with one attached hydrogen (secondary N) is 2. The number of aromatic nitrogens is 1. The lowest BCUT2D eigenvalue weighted by atomic mass is 10.1. The molecule has 0 aliphatic rings. The zero-order valence-corrected chi connectivity index (χ0v) is 16.3. The first kappa shape index (κ1) is 20.4. The van der Waals surface area contributed by atoms with Gasteiger partial charge in [0.25, 0.3) is 10.0 Å². The Hall–Kier alpha value is -2.30. The van der Waals surface area contributed by atoms with Crippen molar-refractivity contribution in [3.8, 4) is 0 Å². The van der Waals surface area contributed by atoms with E-state index in [4.69, 9.17) is 11.6 Å². The Morgan fingerprint density at radius 2 is 1.82 bits per heavy atom. The van der Waals surface area contributed by atoms with Gasteiger partial charge in [-0.1, -0.05) is 41.9 Å². The Morgan fingerprint density at radius 3 is 2.39 bits per heavy atom. The molecule has 2 N–H and O–H groups in total. The van der Waals surface area contributed by atoms with E-state index < -0.39 is 22.2 Å². The van der Waals surface area contributed by atoms with Gasteiger partial charge in [-0.15, -0.1) is 11.3 Å². The number of nitrogens with zero attached hydrogens (tertiary/aromatic N) is 1. The van der Waals surface area contributed by atoms with Gasteiger partial charge in [-0.25, -0.2) is 13.4 Å². The van der Waals surface area contributed by atoms with Crippen LogP contribution in [0, 0.1) is 0 Å². The normalized spacial score (nSPS) is 13.1. The molecule has 1 heterocycles. The highest BCUT2D eigenvalue weighted by atomic mass is 35.5. The molecule has 0 saturated carbocycles. The van der Waals surface area contributed by atoms with Gasteiger partial charge in [-0.2, -0.15) is 13.2 Å². The summed E-state index contributed by atoms with van der Waals surface area (Å²) in [5.74, 6) is 0. The average molecular weight is 448 g/mol. The van der Waals surface area contributed by atoms with E-state index >= 15 is 0 Å². The molecule has 1 atom stereocenters. The molecule has 0 saturated heterocycles. The van der Waals surface area contributed by atoms with Crippen molar-refractivity contribution >= 4 is 43.8 Å². The van der Waals surface area contributed by atoms with Gasteiger partial charge in [0.15, 0.2) is 5.13 Å². The molecule has 0 fully saturated rings. The van der Waals surface area contributed by atoms with Crippen molar-refractivity contribution in [3.05, 3.63) is 70.7 Å². The van der Waals surface area contributed by atoms with Crippen molar-refractivity contribution in [2.75, 3.05) is 10.0 Å². The molecule has 2 aromatic carbocycles. The number of hydrogen-bond donors (Lipinski definition) is 2. The number of halogens is 4. The van der Waals surface area contributed by atoms with Gasteiger partial charge in [-0.3, -0.25) is 4.72 Å². The monoisotopic (exact) mass is 447 g/mol. The summed E-state index contributed by atoms with van der Waals surface area (Å²) in [5.41, 5.74) is -0.0331. The van der Waals surface area contributed by atoms with Crippen LogP contribution in [0.25, 0.3) is 0 Å². The van der Waals surface area contributed by atoms with Gasteiger partial charge in [0.05, 0.1) is 15.6 Å². The summed E-state index contributed by atoms with van der Waals surface area (Å²) in [6, 6.07) is 8.74. The highest BCUT2D eigenvalue weighted by Crippen LogP contribution is 2.37. The molecule has 28 heavy (non-hydrogen) atoms. The molecule has 1 unspecified atom stereocenters. The van der Waals surface area contributed by atoms with Crippen LogP contribution in [-0.2, 0) is 10.0 Å². The molecule has 0 aliphatic carbocycles. The smallest absolute Gasteiger partial charge is 0.369 e. The van der Waals surface area contributed by atoms with Crippen LogP contribution in [0.2, 0.25) is 5.02 Å². The summed E-state index contributed by atoms with van der Waals surface area (Å²) in [5, 5.41) is 3.95. The van der Waals surface area contributed by atoms with Crippen LogP contribution < -0.4 is 10.0 Å². The molecule has 11 heteroatoms. The Balaban J connectivity index is 1.87. The third-order valence-corrected chi connectivity index (χ3v) is 6.13. The zero-order valence-electron chi connectivity index (χ0n) is 13.9. The van der Waals surface area contributed by atoms with E-state index in [1.807, 2.05) is 0 Å². The van der Waals surface area contributed by atoms with E-state index in [-0.39, 0.29) is 26.3 Å². The van der Waals surface area contributed by atoms with Crippen molar-refractivity contribution < 1.29 is 21.6 Å². The Kier molecular flexibility index (Phi) is 5.82. The molecule has 3 aromatic rings. The molecule has 0 amide bonds. The van der Waals surface area contributed by atoms with Gasteiger partial charge in [0, 0.05) is 11.6 Å². The first-order valence-corrected chi connectivity index (χ1v) is 10.5. The fourth-order valence-electron chi connectivity index (χ4n) is 2.38. The molecule has 0 spiro atoms. The van der Waals surface area contributed by atoms with Gasteiger partial charge in [-0.05, 0) is 23.8 Å². The minimum absolute atomic E-state index is 0.00759. The summed E-state index contributed by atoms with van der Waals surface area (Å²) in [7, 11) is -3.97. The molecular formula is C17H13ClF3N3O2S2. The van der Waals surface area contributed by atoms with E-state index in [2.05, 4.69) is 15.0 Å². The second-order valence-corrected chi connectivity index (χ2v) is 8.60. The summed E-state index contributed by atoms with van der Waals surface area (Å²) >= 11 is 7.15. The standard InChI is InChI=1S/C17H13ClF3N3O2S2/c18-13-10-12(28(25,26)24-16-22-8-9-27-16)6-7-14(13)23-15(17(19,20)21)11-4-2-1-3-5-11/h1-10,15,23H,(H,22,24). The second-order valence-electron chi connectivity index (χ2n) is 5.61. The molecular weight excluding hydrogens is 435 g/mol. The number of benzene rings is 2. The van der Waals surface area contributed by atoms with Crippen LogP contribution in [0.3, 0.4) is 0 Å².